The van der Waals surface area contributed by atoms with Gasteiger partial charge in [0, 0.05) is 25.5 Å². The maximum Gasteiger partial charge on any atom is 0.263 e. The first-order chi connectivity index (χ1) is 13.6. The number of ether oxygens (including phenoxy) is 1. The van der Waals surface area contributed by atoms with Crippen molar-refractivity contribution in [3.05, 3.63) is 42.5 Å². The topological polar surface area (TPSA) is 93.5 Å². The van der Waals surface area contributed by atoms with Crippen LogP contribution in [0.25, 0.3) is 0 Å². The molecule has 1 N–H and O–H groups in total. The number of benzene rings is 1. The molecular formula is C20H28N4O4S. The fraction of sp³-hybridized carbons (Fsp3) is 0.500. The van der Waals surface area contributed by atoms with Gasteiger partial charge in [-0.3, -0.25) is 9.10 Å². The molecule has 3 rings (SSSR count). The molecule has 1 aromatic heterocycles. The van der Waals surface area contributed by atoms with Crippen molar-refractivity contribution in [2.45, 2.75) is 45.3 Å². The predicted molar refractivity (Wildman–Crippen MR) is 112 cm³/mol. The number of carbonyl (C=O) groups is 1. The smallest absolute Gasteiger partial charge is 0.263 e. The third kappa shape index (κ3) is 5.09. The summed E-state index contributed by atoms with van der Waals surface area (Å²) in [6.45, 7) is 7.33. The molecule has 2 aromatic rings. The van der Waals surface area contributed by atoms with Crippen molar-refractivity contribution in [1.82, 2.24) is 14.9 Å². The van der Waals surface area contributed by atoms with Crippen LogP contribution in [0.15, 0.2) is 36.9 Å². The lowest BCUT2D eigenvalue weighted by Gasteiger charge is -2.35. The number of carbonyl (C=O) groups excluding carboxylic acids is 1. The van der Waals surface area contributed by atoms with Gasteiger partial charge in [0.25, 0.3) is 5.91 Å². The fourth-order valence-corrected chi connectivity index (χ4v) is 4.08. The largest absolute Gasteiger partial charge is 0.476 e. The minimum absolute atomic E-state index is 0.0488. The van der Waals surface area contributed by atoms with Gasteiger partial charge in [-0.25, -0.2) is 13.4 Å². The number of aromatic nitrogens is 2. The van der Waals surface area contributed by atoms with Crippen molar-refractivity contribution in [3.63, 3.8) is 0 Å². The van der Waals surface area contributed by atoms with Crippen molar-refractivity contribution >= 4 is 21.6 Å². The number of hydrogen-bond acceptors (Lipinski definition) is 5. The molecule has 2 heterocycles. The zero-order valence-electron chi connectivity index (χ0n) is 17.3. The van der Waals surface area contributed by atoms with Crippen molar-refractivity contribution in [2.24, 2.45) is 0 Å². The van der Waals surface area contributed by atoms with Crippen LogP contribution in [0.1, 0.15) is 32.8 Å². The highest BCUT2D eigenvalue weighted by Gasteiger charge is 2.35. The maximum absolute atomic E-state index is 12.6. The number of nitrogens with zero attached hydrogens (tertiary/aromatic N) is 3. The number of fused-ring (bicyclic) bond motifs is 1. The average molecular weight is 421 g/mol. The van der Waals surface area contributed by atoms with Crippen LogP contribution in [-0.4, -0.2) is 49.3 Å². The molecule has 0 aliphatic carbocycles. The summed E-state index contributed by atoms with van der Waals surface area (Å²) in [4.78, 5) is 16.6. The van der Waals surface area contributed by atoms with Gasteiger partial charge in [0.05, 0.1) is 24.8 Å². The number of anilines is 1. The number of amides is 1. The van der Waals surface area contributed by atoms with Crippen LogP contribution in [-0.2, 0) is 26.8 Å². The molecule has 0 spiro atoms. The standard InChI is InChI=1S/C20H28N4O4S/c1-20(2,3)15-6-7-17-16(12-15)24(29(4,26)27)13-18(28-17)19(25)22-8-5-10-23-11-9-21-14-23/h6-7,9,11-12,14,18H,5,8,10,13H2,1-4H3,(H,22,25). The van der Waals surface area contributed by atoms with Gasteiger partial charge in [-0.05, 0) is 29.5 Å². The third-order valence-electron chi connectivity index (χ3n) is 4.84. The van der Waals surface area contributed by atoms with Crippen molar-refractivity contribution < 1.29 is 17.9 Å². The second-order valence-electron chi connectivity index (χ2n) is 8.28. The molecule has 1 atom stereocenters. The highest BCUT2D eigenvalue weighted by molar-refractivity contribution is 7.92. The Kier molecular flexibility index (Phi) is 5.88. The molecule has 1 amide bonds. The normalized spacial score (nSPS) is 16.8. The first kappa shape index (κ1) is 21.2. The summed E-state index contributed by atoms with van der Waals surface area (Å²) in [6.07, 6.45) is 6.27. The second-order valence-corrected chi connectivity index (χ2v) is 10.2. The zero-order valence-corrected chi connectivity index (χ0v) is 18.1. The summed E-state index contributed by atoms with van der Waals surface area (Å²) in [6, 6.07) is 5.48. The molecule has 0 fully saturated rings. The Balaban J connectivity index is 1.71. The summed E-state index contributed by atoms with van der Waals surface area (Å²) in [7, 11) is -3.56. The predicted octanol–water partition coefficient (Wildman–Crippen LogP) is 1.91. The molecule has 158 valence electrons. The molecule has 0 saturated carbocycles. The van der Waals surface area contributed by atoms with E-state index < -0.39 is 16.1 Å². The van der Waals surface area contributed by atoms with Crippen LogP contribution in [0.4, 0.5) is 5.69 Å². The molecule has 8 nitrogen and oxygen atoms in total. The fourth-order valence-electron chi connectivity index (χ4n) is 3.17. The Bertz CT molecular complexity index is 965. The Morgan fingerprint density at radius 3 is 2.72 bits per heavy atom. The molecule has 29 heavy (non-hydrogen) atoms. The summed E-state index contributed by atoms with van der Waals surface area (Å²) < 4.78 is 33.8. The first-order valence-corrected chi connectivity index (χ1v) is 11.4. The third-order valence-corrected chi connectivity index (χ3v) is 5.99. The van der Waals surface area contributed by atoms with Gasteiger partial charge >= 0.3 is 0 Å². The summed E-state index contributed by atoms with van der Waals surface area (Å²) in [5, 5.41) is 2.83. The van der Waals surface area contributed by atoms with E-state index in [9.17, 15) is 13.2 Å². The SMILES string of the molecule is CC(C)(C)c1ccc2c(c1)N(S(C)(=O)=O)CC(C(=O)NCCCn1ccnc1)O2. The van der Waals surface area contributed by atoms with Crippen LogP contribution in [0, 0.1) is 0 Å². The molecule has 0 radical (unpaired) electrons. The van der Waals surface area contributed by atoms with Crippen LogP contribution in [0.3, 0.4) is 0 Å². The number of imidazole rings is 1. The quantitative estimate of drug-likeness (QED) is 0.721. The van der Waals surface area contributed by atoms with Gasteiger partial charge in [-0.15, -0.1) is 0 Å². The first-order valence-electron chi connectivity index (χ1n) is 9.58. The van der Waals surface area contributed by atoms with E-state index in [-0.39, 0.29) is 17.9 Å². The lowest BCUT2D eigenvalue weighted by molar-refractivity contribution is -0.127. The van der Waals surface area contributed by atoms with E-state index in [2.05, 4.69) is 31.1 Å². The summed E-state index contributed by atoms with van der Waals surface area (Å²) >= 11 is 0. The molecule has 1 aromatic carbocycles. The van der Waals surface area contributed by atoms with Gasteiger partial charge in [0.15, 0.2) is 6.10 Å². The number of rotatable bonds is 6. The minimum Gasteiger partial charge on any atom is -0.476 e. The van der Waals surface area contributed by atoms with Crippen LogP contribution >= 0.6 is 0 Å². The van der Waals surface area contributed by atoms with Crippen molar-refractivity contribution in [2.75, 3.05) is 23.7 Å². The number of hydrogen-bond donors (Lipinski definition) is 1. The molecule has 0 saturated heterocycles. The van der Waals surface area contributed by atoms with E-state index in [1.54, 1.807) is 18.6 Å². The van der Waals surface area contributed by atoms with Gasteiger partial charge < -0.3 is 14.6 Å². The Morgan fingerprint density at radius 2 is 2.10 bits per heavy atom. The maximum atomic E-state index is 12.6. The van der Waals surface area contributed by atoms with E-state index >= 15 is 0 Å². The lowest BCUT2D eigenvalue weighted by atomic mass is 9.86. The molecule has 1 aliphatic heterocycles. The lowest BCUT2D eigenvalue weighted by Crippen LogP contribution is -2.50. The van der Waals surface area contributed by atoms with Gasteiger partial charge in [-0.2, -0.15) is 0 Å². The second kappa shape index (κ2) is 8.06. The van der Waals surface area contributed by atoms with Gasteiger partial charge in [0.1, 0.15) is 5.75 Å². The Morgan fingerprint density at radius 1 is 1.34 bits per heavy atom. The molecule has 1 aliphatic rings. The molecule has 9 heteroatoms. The Labute approximate surface area is 171 Å². The molecular weight excluding hydrogens is 392 g/mol. The van der Waals surface area contributed by atoms with Crippen molar-refractivity contribution in [1.29, 1.82) is 0 Å². The van der Waals surface area contributed by atoms with Gasteiger partial charge in [-0.1, -0.05) is 26.8 Å². The monoisotopic (exact) mass is 420 g/mol. The van der Waals surface area contributed by atoms with Gasteiger partial charge in [0.2, 0.25) is 10.0 Å². The molecule has 1 unspecified atom stereocenters. The number of sulfonamides is 1. The van der Waals surface area contributed by atoms with Crippen LogP contribution in [0.2, 0.25) is 0 Å². The van der Waals surface area contributed by atoms with E-state index in [0.29, 0.717) is 18.0 Å². The summed E-state index contributed by atoms with van der Waals surface area (Å²) in [5.41, 5.74) is 1.33. The molecule has 0 bridgehead atoms. The summed E-state index contributed by atoms with van der Waals surface area (Å²) in [5.74, 6) is 0.0723. The zero-order chi connectivity index (χ0) is 21.2. The van der Waals surface area contributed by atoms with E-state index in [1.165, 1.54) is 4.31 Å². The number of nitrogens with one attached hydrogen (secondary N) is 1. The highest BCUT2D eigenvalue weighted by atomic mass is 32.2. The van der Waals surface area contributed by atoms with E-state index in [4.69, 9.17) is 4.74 Å². The van der Waals surface area contributed by atoms with E-state index in [1.807, 2.05) is 22.9 Å². The average Bonchev–Trinajstić information content (AvgIpc) is 3.15. The van der Waals surface area contributed by atoms with Crippen LogP contribution in [0.5, 0.6) is 5.75 Å². The Hall–Kier alpha value is -2.55. The highest BCUT2D eigenvalue weighted by Crippen LogP contribution is 2.38. The van der Waals surface area contributed by atoms with E-state index in [0.717, 1.165) is 24.8 Å². The minimum atomic E-state index is -3.56. The van der Waals surface area contributed by atoms with Crippen LogP contribution < -0.4 is 14.4 Å². The van der Waals surface area contributed by atoms with Crippen molar-refractivity contribution in [3.8, 4) is 5.75 Å². The number of aryl methyl sites for hydroxylation is 1.